The number of amides is 2. The molecular formula is C24H21BrN4O2. The van der Waals surface area contributed by atoms with Gasteiger partial charge in [-0.05, 0) is 49.4 Å². The number of benzene rings is 3. The number of imidazole rings is 1. The number of para-hydroxylation sites is 2. The van der Waals surface area contributed by atoms with E-state index in [4.69, 9.17) is 0 Å². The Morgan fingerprint density at radius 2 is 1.77 bits per heavy atom. The Morgan fingerprint density at radius 3 is 2.55 bits per heavy atom. The van der Waals surface area contributed by atoms with Crippen molar-refractivity contribution in [2.45, 2.75) is 20.0 Å². The van der Waals surface area contributed by atoms with Gasteiger partial charge in [-0.1, -0.05) is 51.8 Å². The molecule has 0 aliphatic rings. The van der Waals surface area contributed by atoms with E-state index in [2.05, 4.69) is 31.5 Å². The maximum absolute atomic E-state index is 12.7. The number of hydrogen-bond acceptors (Lipinski definition) is 3. The van der Waals surface area contributed by atoms with Crippen molar-refractivity contribution in [2.75, 3.05) is 5.32 Å². The number of aryl methyl sites for hydroxylation is 1. The van der Waals surface area contributed by atoms with E-state index in [1.54, 1.807) is 12.1 Å². The third-order valence-electron chi connectivity index (χ3n) is 4.86. The second-order valence-electron chi connectivity index (χ2n) is 7.21. The fourth-order valence-corrected chi connectivity index (χ4v) is 3.71. The standard InChI is InChI=1S/C24H21BrN4O2/c1-16-9-11-17(12-10-16)24(31)26-14-22-28-20-7-2-3-8-21(20)29(22)15-23(30)27-19-6-4-5-18(25)13-19/h2-13H,14-15H2,1H3,(H,26,31)(H,27,30). The van der Waals surface area contributed by atoms with Crippen LogP contribution in [0.4, 0.5) is 5.69 Å². The van der Waals surface area contributed by atoms with Gasteiger partial charge < -0.3 is 15.2 Å². The van der Waals surface area contributed by atoms with Gasteiger partial charge in [0, 0.05) is 15.7 Å². The number of anilines is 1. The fourth-order valence-electron chi connectivity index (χ4n) is 3.31. The smallest absolute Gasteiger partial charge is 0.251 e. The van der Waals surface area contributed by atoms with E-state index in [9.17, 15) is 9.59 Å². The molecule has 1 heterocycles. The lowest BCUT2D eigenvalue weighted by molar-refractivity contribution is -0.116. The summed E-state index contributed by atoms with van der Waals surface area (Å²) in [7, 11) is 0. The Morgan fingerprint density at radius 1 is 1.00 bits per heavy atom. The number of nitrogens with zero attached hydrogens (tertiary/aromatic N) is 2. The molecule has 2 amide bonds. The quantitative estimate of drug-likeness (QED) is 0.424. The molecule has 4 rings (SSSR count). The van der Waals surface area contributed by atoms with Crippen LogP contribution in [0.3, 0.4) is 0 Å². The lowest BCUT2D eigenvalue weighted by Gasteiger charge is -2.11. The van der Waals surface area contributed by atoms with Crippen molar-refractivity contribution in [3.63, 3.8) is 0 Å². The average molecular weight is 477 g/mol. The van der Waals surface area contributed by atoms with Gasteiger partial charge >= 0.3 is 0 Å². The minimum Gasteiger partial charge on any atom is -0.345 e. The Bertz CT molecular complexity index is 1250. The predicted molar refractivity (Wildman–Crippen MR) is 125 cm³/mol. The third kappa shape index (κ3) is 5.00. The molecule has 0 saturated carbocycles. The molecule has 0 saturated heterocycles. The van der Waals surface area contributed by atoms with Crippen LogP contribution in [-0.2, 0) is 17.9 Å². The van der Waals surface area contributed by atoms with Crippen LogP contribution in [0.1, 0.15) is 21.7 Å². The Kier molecular flexibility index (Phi) is 6.13. The zero-order valence-electron chi connectivity index (χ0n) is 16.9. The molecule has 0 aliphatic carbocycles. The van der Waals surface area contributed by atoms with Gasteiger partial charge in [0.05, 0.1) is 17.6 Å². The molecule has 0 atom stereocenters. The van der Waals surface area contributed by atoms with Gasteiger partial charge in [0.25, 0.3) is 5.91 Å². The van der Waals surface area contributed by atoms with E-state index in [0.29, 0.717) is 17.1 Å². The number of fused-ring (bicyclic) bond motifs is 1. The van der Waals surface area contributed by atoms with E-state index < -0.39 is 0 Å². The van der Waals surface area contributed by atoms with Crippen LogP contribution in [0.15, 0.2) is 77.3 Å². The maximum Gasteiger partial charge on any atom is 0.251 e. The van der Waals surface area contributed by atoms with Crippen LogP contribution in [-0.4, -0.2) is 21.4 Å². The van der Waals surface area contributed by atoms with Crippen LogP contribution < -0.4 is 10.6 Å². The molecule has 0 fully saturated rings. The van der Waals surface area contributed by atoms with Gasteiger partial charge in [-0.3, -0.25) is 9.59 Å². The highest BCUT2D eigenvalue weighted by Crippen LogP contribution is 2.18. The molecule has 156 valence electrons. The number of carbonyl (C=O) groups excluding carboxylic acids is 2. The monoisotopic (exact) mass is 476 g/mol. The first-order valence-electron chi connectivity index (χ1n) is 9.84. The summed E-state index contributed by atoms with van der Waals surface area (Å²) in [5, 5.41) is 5.81. The van der Waals surface area contributed by atoms with Crippen molar-refractivity contribution in [2.24, 2.45) is 0 Å². The zero-order valence-corrected chi connectivity index (χ0v) is 18.5. The number of carbonyl (C=O) groups is 2. The number of hydrogen-bond donors (Lipinski definition) is 2. The highest BCUT2D eigenvalue weighted by atomic mass is 79.9. The molecule has 0 radical (unpaired) electrons. The van der Waals surface area contributed by atoms with Crippen molar-refractivity contribution in [3.05, 3.63) is 94.2 Å². The van der Waals surface area contributed by atoms with Crippen LogP contribution in [0.2, 0.25) is 0 Å². The molecule has 4 aromatic rings. The van der Waals surface area contributed by atoms with E-state index in [-0.39, 0.29) is 24.9 Å². The molecular weight excluding hydrogens is 456 g/mol. The fraction of sp³-hybridized carbons (Fsp3) is 0.125. The van der Waals surface area contributed by atoms with Crippen LogP contribution >= 0.6 is 15.9 Å². The van der Waals surface area contributed by atoms with Crippen molar-refractivity contribution < 1.29 is 9.59 Å². The minimum absolute atomic E-state index is 0.0861. The average Bonchev–Trinajstić information content (AvgIpc) is 3.10. The van der Waals surface area contributed by atoms with Crippen molar-refractivity contribution >= 4 is 44.5 Å². The summed E-state index contributed by atoms with van der Waals surface area (Å²) in [5.74, 6) is 0.260. The molecule has 0 aliphatic heterocycles. The van der Waals surface area contributed by atoms with E-state index in [1.807, 2.05) is 72.2 Å². The van der Waals surface area contributed by atoms with Gasteiger partial charge in [-0.2, -0.15) is 0 Å². The van der Waals surface area contributed by atoms with E-state index in [0.717, 1.165) is 21.1 Å². The first kappa shape index (κ1) is 20.8. The summed E-state index contributed by atoms with van der Waals surface area (Å²) in [4.78, 5) is 29.9. The van der Waals surface area contributed by atoms with Gasteiger partial charge in [-0.25, -0.2) is 4.98 Å². The topological polar surface area (TPSA) is 76.0 Å². The largest absolute Gasteiger partial charge is 0.345 e. The third-order valence-corrected chi connectivity index (χ3v) is 5.36. The summed E-state index contributed by atoms with van der Waals surface area (Å²) in [6.45, 7) is 2.28. The molecule has 3 aromatic carbocycles. The summed E-state index contributed by atoms with van der Waals surface area (Å²) < 4.78 is 2.72. The first-order valence-corrected chi connectivity index (χ1v) is 10.6. The number of aromatic nitrogens is 2. The SMILES string of the molecule is Cc1ccc(C(=O)NCc2nc3ccccc3n2CC(=O)Nc2cccc(Br)c2)cc1. The van der Waals surface area contributed by atoms with E-state index in [1.165, 1.54) is 0 Å². The highest BCUT2D eigenvalue weighted by molar-refractivity contribution is 9.10. The summed E-state index contributed by atoms with van der Waals surface area (Å²) >= 11 is 3.41. The summed E-state index contributed by atoms with van der Waals surface area (Å²) in [6.07, 6.45) is 0. The Balaban J connectivity index is 1.53. The maximum atomic E-state index is 12.7. The van der Waals surface area contributed by atoms with E-state index >= 15 is 0 Å². The molecule has 0 unspecified atom stereocenters. The van der Waals surface area contributed by atoms with Gasteiger partial charge in [-0.15, -0.1) is 0 Å². The normalized spacial score (nSPS) is 10.8. The minimum atomic E-state index is -0.183. The summed E-state index contributed by atoms with van der Waals surface area (Å²) in [6, 6.07) is 22.4. The Labute approximate surface area is 188 Å². The molecule has 31 heavy (non-hydrogen) atoms. The second kappa shape index (κ2) is 9.14. The predicted octanol–water partition coefficient (Wildman–Crippen LogP) is 4.68. The lowest BCUT2D eigenvalue weighted by Crippen LogP contribution is -2.26. The van der Waals surface area contributed by atoms with Crippen LogP contribution in [0.5, 0.6) is 0 Å². The molecule has 1 aromatic heterocycles. The zero-order chi connectivity index (χ0) is 21.8. The molecule has 0 bridgehead atoms. The van der Waals surface area contributed by atoms with Crippen LogP contribution in [0.25, 0.3) is 11.0 Å². The number of nitrogens with one attached hydrogen (secondary N) is 2. The number of halogens is 1. The van der Waals surface area contributed by atoms with Crippen molar-refractivity contribution in [1.29, 1.82) is 0 Å². The Hall–Kier alpha value is -3.45. The van der Waals surface area contributed by atoms with Gasteiger partial charge in [0.1, 0.15) is 12.4 Å². The lowest BCUT2D eigenvalue weighted by atomic mass is 10.1. The van der Waals surface area contributed by atoms with Crippen molar-refractivity contribution in [3.8, 4) is 0 Å². The van der Waals surface area contributed by atoms with Crippen molar-refractivity contribution in [1.82, 2.24) is 14.9 Å². The number of rotatable bonds is 6. The second-order valence-corrected chi connectivity index (χ2v) is 8.13. The highest BCUT2D eigenvalue weighted by Gasteiger charge is 2.15. The molecule has 0 spiro atoms. The molecule has 6 nitrogen and oxygen atoms in total. The van der Waals surface area contributed by atoms with Gasteiger partial charge in [0.15, 0.2) is 0 Å². The summed E-state index contributed by atoms with van der Waals surface area (Å²) in [5.41, 5.74) is 4.00. The molecule has 2 N–H and O–H groups in total. The van der Waals surface area contributed by atoms with Crippen LogP contribution in [0, 0.1) is 6.92 Å². The first-order chi connectivity index (χ1) is 15.0. The van der Waals surface area contributed by atoms with Gasteiger partial charge in [0.2, 0.25) is 5.91 Å². The molecule has 7 heteroatoms.